The first kappa shape index (κ1) is 11.5. The second-order valence-electron chi connectivity index (χ2n) is 2.25. The standard InChI is InChI=1S/C8H14ClNO2/c1-3-4-10(5-6-12-2)8(11)7-9/h3H,1,4-7H2,2H3. The van der Waals surface area contributed by atoms with Gasteiger partial charge < -0.3 is 9.64 Å². The van der Waals surface area contributed by atoms with Crippen LogP contribution in [0.5, 0.6) is 0 Å². The molecule has 0 atom stereocenters. The minimum Gasteiger partial charge on any atom is -0.383 e. The first-order chi connectivity index (χ1) is 5.76. The minimum absolute atomic E-state index is 0.0115. The number of hydrogen-bond acceptors (Lipinski definition) is 2. The third kappa shape index (κ3) is 4.36. The van der Waals surface area contributed by atoms with E-state index in [0.717, 1.165) is 0 Å². The van der Waals surface area contributed by atoms with E-state index >= 15 is 0 Å². The number of carbonyl (C=O) groups is 1. The van der Waals surface area contributed by atoms with E-state index in [2.05, 4.69) is 6.58 Å². The van der Waals surface area contributed by atoms with Gasteiger partial charge in [-0.05, 0) is 0 Å². The van der Waals surface area contributed by atoms with Gasteiger partial charge in [0.15, 0.2) is 0 Å². The van der Waals surface area contributed by atoms with Crippen molar-refractivity contribution in [3.05, 3.63) is 12.7 Å². The molecule has 0 saturated heterocycles. The second-order valence-corrected chi connectivity index (χ2v) is 2.52. The van der Waals surface area contributed by atoms with E-state index in [4.69, 9.17) is 16.3 Å². The van der Waals surface area contributed by atoms with Crippen molar-refractivity contribution in [2.75, 3.05) is 32.7 Å². The Morgan fingerprint density at radius 2 is 2.42 bits per heavy atom. The molecule has 0 N–H and O–H groups in total. The average Bonchev–Trinajstić information content (AvgIpc) is 2.11. The van der Waals surface area contributed by atoms with Crippen molar-refractivity contribution in [1.82, 2.24) is 4.90 Å². The van der Waals surface area contributed by atoms with Gasteiger partial charge in [-0.1, -0.05) is 6.08 Å². The van der Waals surface area contributed by atoms with Crippen LogP contribution in [-0.2, 0) is 9.53 Å². The van der Waals surface area contributed by atoms with E-state index in [0.29, 0.717) is 19.7 Å². The lowest BCUT2D eigenvalue weighted by atomic mass is 10.4. The van der Waals surface area contributed by atoms with Crippen molar-refractivity contribution < 1.29 is 9.53 Å². The van der Waals surface area contributed by atoms with Crippen LogP contribution in [-0.4, -0.2) is 43.5 Å². The number of rotatable bonds is 6. The molecule has 0 saturated carbocycles. The number of methoxy groups -OCH3 is 1. The molecular formula is C8H14ClNO2. The molecule has 0 aromatic rings. The Balaban J connectivity index is 3.84. The van der Waals surface area contributed by atoms with E-state index in [1.54, 1.807) is 18.1 Å². The van der Waals surface area contributed by atoms with Gasteiger partial charge in [-0.2, -0.15) is 0 Å². The number of halogens is 1. The van der Waals surface area contributed by atoms with E-state index in [9.17, 15) is 4.79 Å². The summed E-state index contributed by atoms with van der Waals surface area (Å²) in [5.41, 5.74) is 0. The van der Waals surface area contributed by atoms with Gasteiger partial charge in [0.1, 0.15) is 5.88 Å². The molecule has 12 heavy (non-hydrogen) atoms. The van der Waals surface area contributed by atoms with Crippen LogP contribution < -0.4 is 0 Å². The summed E-state index contributed by atoms with van der Waals surface area (Å²) in [6.07, 6.45) is 1.67. The smallest absolute Gasteiger partial charge is 0.237 e. The fourth-order valence-corrected chi connectivity index (χ4v) is 0.929. The van der Waals surface area contributed by atoms with Crippen LogP contribution in [0.2, 0.25) is 0 Å². The summed E-state index contributed by atoms with van der Waals surface area (Å²) in [5, 5.41) is 0. The number of nitrogens with zero attached hydrogens (tertiary/aromatic N) is 1. The van der Waals surface area contributed by atoms with Crippen LogP contribution in [0.3, 0.4) is 0 Å². The Hall–Kier alpha value is -0.540. The maximum atomic E-state index is 11.1. The first-order valence-electron chi connectivity index (χ1n) is 3.69. The number of hydrogen-bond donors (Lipinski definition) is 0. The van der Waals surface area contributed by atoms with Crippen LogP contribution in [0.25, 0.3) is 0 Å². The molecule has 3 nitrogen and oxygen atoms in total. The third-order valence-corrected chi connectivity index (χ3v) is 1.61. The van der Waals surface area contributed by atoms with Gasteiger partial charge in [0.25, 0.3) is 0 Å². The van der Waals surface area contributed by atoms with Gasteiger partial charge in [0.05, 0.1) is 6.61 Å². The number of carbonyl (C=O) groups excluding carboxylic acids is 1. The zero-order valence-corrected chi connectivity index (χ0v) is 8.01. The molecule has 0 aromatic carbocycles. The Labute approximate surface area is 77.9 Å². The maximum Gasteiger partial charge on any atom is 0.237 e. The molecular weight excluding hydrogens is 178 g/mol. The lowest BCUT2D eigenvalue weighted by Gasteiger charge is -2.19. The third-order valence-electron chi connectivity index (χ3n) is 1.38. The highest BCUT2D eigenvalue weighted by atomic mass is 35.5. The van der Waals surface area contributed by atoms with Gasteiger partial charge in [-0.15, -0.1) is 18.2 Å². The topological polar surface area (TPSA) is 29.5 Å². The predicted molar refractivity (Wildman–Crippen MR) is 49.4 cm³/mol. The zero-order valence-electron chi connectivity index (χ0n) is 7.25. The predicted octanol–water partition coefficient (Wildman–Crippen LogP) is 0.886. The van der Waals surface area contributed by atoms with Gasteiger partial charge in [0, 0.05) is 20.2 Å². The van der Waals surface area contributed by atoms with Crippen LogP contribution in [0.15, 0.2) is 12.7 Å². The molecule has 70 valence electrons. The summed E-state index contributed by atoms with van der Waals surface area (Å²) < 4.78 is 4.84. The van der Waals surface area contributed by atoms with Gasteiger partial charge in [-0.3, -0.25) is 4.79 Å². The van der Waals surface area contributed by atoms with Gasteiger partial charge in [0.2, 0.25) is 5.91 Å². The zero-order chi connectivity index (χ0) is 9.40. The minimum atomic E-state index is -0.0892. The van der Waals surface area contributed by atoms with Gasteiger partial charge >= 0.3 is 0 Å². The molecule has 0 fully saturated rings. The largest absolute Gasteiger partial charge is 0.383 e. The van der Waals surface area contributed by atoms with Crippen molar-refractivity contribution in [1.29, 1.82) is 0 Å². The van der Waals surface area contributed by atoms with Crippen molar-refractivity contribution in [3.8, 4) is 0 Å². The molecule has 0 aliphatic heterocycles. The fraction of sp³-hybridized carbons (Fsp3) is 0.625. The summed E-state index contributed by atoms with van der Waals surface area (Å²) in [5.74, 6) is -0.0778. The van der Waals surface area contributed by atoms with Crippen LogP contribution in [0.4, 0.5) is 0 Å². The van der Waals surface area contributed by atoms with Crippen molar-refractivity contribution >= 4 is 17.5 Å². The summed E-state index contributed by atoms with van der Waals surface area (Å²) in [4.78, 5) is 12.7. The van der Waals surface area contributed by atoms with Crippen molar-refractivity contribution in [2.24, 2.45) is 0 Å². The van der Waals surface area contributed by atoms with Crippen molar-refractivity contribution in [3.63, 3.8) is 0 Å². The molecule has 1 amide bonds. The van der Waals surface area contributed by atoms with E-state index in [-0.39, 0.29) is 11.8 Å². The monoisotopic (exact) mass is 191 g/mol. The fourth-order valence-electron chi connectivity index (χ4n) is 0.760. The molecule has 0 heterocycles. The SMILES string of the molecule is C=CCN(CCOC)C(=O)CCl. The number of amides is 1. The Kier molecular flexibility index (Phi) is 6.81. The summed E-state index contributed by atoms with van der Waals surface area (Å²) in [7, 11) is 1.59. The Morgan fingerprint density at radius 1 is 1.75 bits per heavy atom. The van der Waals surface area contributed by atoms with E-state index in [1.807, 2.05) is 0 Å². The summed E-state index contributed by atoms with van der Waals surface area (Å²) >= 11 is 5.40. The maximum absolute atomic E-state index is 11.1. The molecule has 0 spiro atoms. The quantitative estimate of drug-likeness (QED) is 0.461. The molecule has 0 aliphatic carbocycles. The van der Waals surface area contributed by atoms with E-state index < -0.39 is 0 Å². The first-order valence-corrected chi connectivity index (χ1v) is 4.23. The lowest BCUT2D eigenvalue weighted by Crippen LogP contribution is -2.34. The van der Waals surface area contributed by atoms with Crippen LogP contribution >= 0.6 is 11.6 Å². The molecule has 0 bridgehead atoms. The Bertz CT molecular complexity index is 150. The van der Waals surface area contributed by atoms with Crippen molar-refractivity contribution in [2.45, 2.75) is 0 Å². The molecule has 0 unspecified atom stereocenters. The molecule has 0 rings (SSSR count). The van der Waals surface area contributed by atoms with Crippen LogP contribution in [0.1, 0.15) is 0 Å². The highest BCUT2D eigenvalue weighted by molar-refractivity contribution is 6.27. The Morgan fingerprint density at radius 3 is 2.83 bits per heavy atom. The highest BCUT2D eigenvalue weighted by Crippen LogP contribution is 1.92. The molecule has 0 aromatic heterocycles. The average molecular weight is 192 g/mol. The van der Waals surface area contributed by atoms with Gasteiger partial charge in [-0.25, -0.2) is 0 Å². The molecule has 0 radical (unpaired) electrons. The lowest BCUT2D eigenvalue weighted by molar-refractivity contribution is -0.128. The second kappa shape index (κ2) is 7.13. The number of alkyl halides is 1. The van der Waals surface area contributed by atoms with E-state index in [1.165, 1.54) is 0 Å². The highest BCUT2D eigenvalue weighted by Gasteiger charge is 2.08. The number of ether oxygens (including phenoxy) is 1. The summed E-state index contributed by atoms with van der Waals surface area (Å²) in [6.45, 7) is 5.16. The van der Waals surface area contributed by atoms with Crippen LogP contribution in [0, 0.1) is 0 Å². The molecule has 4 heteroatoms. The summed E-state index contributed by atoms with van der Waals surface area (Å²) in [6, 6.07) is 0. The normalized spacial score (nSPS) is 9.50. The molecule has 0 aliphatic rings.